The molecule has 0 atom stereocenters. The highest BCUT2D eigenvalue weighted by atomic mass is 32.1. The number of nitrogens with one attached hydrogen (secondary N) is 1. The minimum Gasteiger partial charge on any atom is -0.486 e. The number of ketones is 1. The molecule has 6 heteroatoms. The van der Waals surface area contributed by atoms with Gasteiger partial charge in [-0.3, -0.25) is 4.79 Å². The van der Waals surface area contributed by atoms with Gasteiger partial charge in [0.15, 0.2) is 11.5 Å². The molecule has 1 aromatic heterocycles. The first kappa shape index (κ1) is 16.1. The maximum absolute atomic E-state index is 12.3. The van der Waals surface area contributed by atoms with Gasteiger partial charge < -0.3 is 20.7 Å². The molecule has 0 amide bonds. The van der Waals surface area contributed by atoms with E-state index in [2.05, 4.69) is 10.2 Å². The smallest absolute Gasteiger partial charge is 0.177 e. The van der Waals surface area contributed by atoms with Crippen molar-refractivity contribution >= 4 is 27.8 Å². The molecule has 0 unspecified atom stereocenters. The van der Waals surface area contributed by atoms with Gasteiger partial charge in [0.1, 0.15) is 5.00 Å². The van der Waals surface area contributed by atoms with Crippen LogP contribution in [-0.4, -0.2) is 38.1 Å². The number of rotatable bonds is 5. The third kappa shape index (κ3) is 3.49. The van der Waals surface area contributed by atoms with Crippen LogP contribution < -0.4 is 20.7 Å². The highest BCUT2D eigenvalue weighted by Crippen LogP contribution is 2.46. The molecule has 118 valence electrons. The van der Waals surface area contributed by atoms with Crippen LogP contribution in [0.15, 0.2) is 0 Å². The Bertz CT molecular complexity index is 505. The van der Waals surface area contributed by atoms with Crippen molar-refractivity contribution < 1.29 is 9.53 Å². The summed E-state index contributed by atoms with van der Waals surface area (Å²) in [7, 11) is 0. The molecular formula is C15H25N3O2S. The summed E-state index contributed by atoms with van der Waals surface area (Å²) >= 11 is 1.47. The van der Waals surface area contributed by atoms with E-state index in [1.54, 1.807) is 0 Å². The fourth-order valence-electron chi connectivity index (χ4n) is 2.29. The number of carbonyl (C=O) groups excluding carboxylic acids is 1. The number of piperazine rings is 1. The van der Waals surface area contributed by atoms with Crippen molar-refractivity contribution in [2.45, 2.75) is 33.8 Å². The normalized spacial score (nSPS) is 15.8. The first-order chi connectivity index (χ1) is 9.91. The zero-order valence-corrected chi connectivity index (χ0v) is 14.0. The lowest BCUT2D eigenvalue weighted by atomic mass is 10.1. The van der Waals surface area contributed by atoms with Crippen molar-refractivity contribution in [2.24, 2.45) is 5.92 Å². The molecule has 21 heavy (non-hydrogen) atoms. The predicted octanol–water partition coefficient (Wildman–Crippen LogP) is 2.37. The molecule has 1 aliphatic heterocycles. The molecule has 1 fully saturated rings. The minimum absolute atomic E-state index is 0.0329. The van der Waals surface area contributed by atoms with Crippen LogP contribution >= 0.6 is 11.3 Å². The van der Waals surface area contributed by atoms with E-state index in [-0.39, 0.29) is 17.8 Å². The van der Waals surface area contributed by atoms with Gasteiger partial charge in [0.2, 0.25) is 0 Å². The number of nitrogens with two attached hydrogens (primary N) is 1. The molecule has 0 saturated carbocycles. The van der Waals surface area contributed by atoms with Crippen molar-refractivity contribution in [3.8, 4) is 5.75 Å². The first-order valence-corrected chi connectivity index (χ1v) is 8.32. The third-order valence-corrected chi connectivity index (χ3v) is 4.65. The van der Waals surface area contributed by atoms with E-state index < -0.39 is 0 Å². The molecular weight excluding hydrogens is 286 g/mol. The van der Waals surface area contributed by atoms with Gasteiger partial charge in [0, 0.05) is 32.1 Å². The van der Waals surface area contributed by atoms with Crippen LogP contribution in [0.3, 0.4) is 0 Å². The van der Waals surface area contributed by atoms with E-state index in [1.807, 2.05) is 27.7 Å². The Balaban J connectivity index is 2.41. The number of ether oxygens (including phenoxy) is 1. The predicted molar refractivity (Wildman–Crippen MR) is 88.7 cm³/mol. The molecule has 1 aliphatic rings. The Morgan fingerprint density at radius 2 is 1.90 bits per heavy atom. The number of hydrogen-bond acceptors (Lipinski definition) is 6. The van der Waals surface area contributed by atoms with Crippen molar-refractivity contribution in [2.75, 3.05) is 36.8 Å². The second-order valence-electron chi connectivity index (χ2n) is 5.90. The molecule has 0 aromatic carbocycles. The SMILES string of the molecule is CC(C)Oc1c(N2CCNCC2)sc(C(=O)C(C)C)c1N. The van der Waals surface area contributed by atoms with Gasteiger partial charge in [-0.1, -0.05) is 13.8 Å². The summed E-state index contributed by atoms with van der Waals surface area (Å²) in [4.78, 5) is 15.2. The van der Waals surface area contributed by atoms with Gasteiger partial charge in [0.25, 0.3) is 0 Å². The summed E-state index contributed by atoms with van der Waals surface area (Å²) in [5.41, 5.74) is 6.72. The molecule has 0 spiro atoms. The molecule has 1 aromatic rings. The Labute approximate surface area is 130 Å². The summed E-state index contributed by atoms with van der Waals surface area (Å²) in [5, 5.41) is 4.32. The second-order valence-corrected chi connectivity index (χ2v) is 6.90. The fraction of sp³-hybridized carbons (Fsp3) is 0.667. The first-order valence-electron chi connectivity index (χ1n) is 7.50. The number of nitrogens with zero attached hydrogens (tertiary/aromatic N) is 1. The van der Waals surface area contributed by atoms with E-state index in [0.717, 1.165) is 31.2 Å². The lowest BCUT2D eigenvalue weighted by Crippen LogP contribution is -2.43. The average molecular weight is 311 g/mol. The van der Waals surface area contributed by atoms with Gasteiger partial charge in [-0.15, -0.1) is 11.3 Å². The van der Waals surface area contributed by atoms with E-state index in [1.165, 1.54) is 11.3 Å². The molecule has 0 radical (unpaired) electrons. The van der Waals surface area contributed by atoms with Crippen molar-refractivity contribution in [1.29, 1.82) is 0 Å². The summed E-state index contributed by atoms with van der Waals surface area (Å²) < 4.78 is 5.91. The van der Waals surface area contributed by atoms with E-state index in [0.29, 0.717) is 16.3 Å². The molecule has 3 N–H and O–H groups in total. The zero-order valence-electron chi connectivity index (χ0n) is 13.2. The van der Waals surface area contributed by atoms with E-state index in [9.17, 15) is 4.79 Å². The fourth-order valence-corrected chi connectivity index (χ4v) is 3.58. The van der Waals surface area contributed by atoms with Crippen LogP contribution in [0.1, 0.15) is 37.4 Å². The van der Waals surface area contributed by atoms with Crippen LogP contribution in [0.4, 0.5) is 10.7 Å². The quantitative estimate of drug-likeness (QED) is 0.817. The Morgan fingerprint density at radius 1 is 1.29 bits per heavy atom. The molecule has 0 aliphatic carbocycles. The highest BCUT2D eigenvalue weighted by molar-refractivity contribution is 7.19. The minimum atomic E-state index is -0.0614. The second kappa shape index (κ2) is 6.66. The standard InChI is InChI=1S/C15H25N3O2S/c1-9(2)12(19)14-11(16)13(20-10(3)4)15(21-14)18-7-5-17-6-8-18/h9-10,17H,5-8,16H2,1-4H3. The van der Waals surface area contributed by atoms with Crippen molar-refractivity contribution in [3.05, 3.63) is 4.88 Å². The van der Waals surface area contributed by atoms with E-state index >= 15 is 0 Å². The molecule has 0 bridgehead atoms. The van der Waals surface area contributed by atoms with Crippen molar-refractivity contribution in [1.82, 2.24) is 5.32 Å². The Kier molecular flexibility index (Phi) is 5.11. The van der Waals surface area contributed by atoms with Gasteiger partial charge in [0.05, 0.1) is 16.7 Å². The largest absolute Gasteiger partial charge is 0.486 e. The molecule has 5 nitrogen and oxygen atoms in total. The van der Waals surface area contributed by atoms with Crippen LogP contribution in [0, 0.1) is 5.92 Å². The average Bonchev–Trinajstić information content (AvgIpc) is 2.76. The summed E-state index contributed by atoms with van der Waals surface area (Å²) in [6.45, 7) is 11.4. The number of anilines is 2. The lowest BCUT2D eigenvalue weighted by Gasteiger charge is -2.29. The Hall–Kier alpha value is -1.27. The van der Waals surface area contributed by atoms with Crippen LogP contribution in [0.25, 0.3) is 0 Å². The number of Topliss-reactive ketones (excluding diaryl/α,β-unsaturated/α-hetero) is 1. The summed E-state index contributed by atoms with van der Waals surface area (Å²) in [5.74, 6) is 0.710. The van der Waals surface area contributed by atoms with Crippen LogP contribution in [-0.2, 0) is 0 Å². The number of hydrogen-bond donors (Lipinski definition) is 2. The number of carbonyl (C=O) groups is 1. The van der Waals surface area contributed by atoms with Crippen LogP contribution in [0.2, 0.25) is 0 Å². The summed E-state index contributed by atoms with van der Waals surface area (Å²) in [6, 6.07) is 0. The monoisotopic (exact) mass is 311 g/mol. The maximum atomic E-state index is 12.3. The molecule has 2 rings (SSSR count). The Morgan fingerprint density at radius 3 is 2.43 bits per heavy atom. The lowest BCUT2D eigenvalue weighted by molar-refractivity contribution is 0.0944. The zero-order chi connectivity index (χ0) is 15.6. The third-order valence-electron chi connectivity index (χ3n) is 3.39. The van der Waals surface area contributed by atoms with Gasteiger partial charge >= 0.3 is 0 Å². The van der Waals surface area contributed by atoms with Gasteiger partial charge in [-0.25, -0.2) is 0 Å². The van der Waals surface area contributed by atoms with E-state index in [4.69, 9.17) is 10.5 Å². The van der Waals surface area contributed by atoms with Gasteiger partial charge in [-0.2, -0.15) is 0 Å². The van der Waals surface area contributed by atoms with Crippen molar-refractivity contribution in [3.63, 3.8) is 0 Å². The highest BCUT2D eigenvalue weighted by Gasteiger charge is 2.27. The summed E-state index contributed by atoms with van der Waals surface area (Å²) in [6.07, 6.45) is 0.0329. The number of nitrogen functional groups attached to an aromatic ring is 1. The number of thiophene rings is 1. The maximum Gasteiger partial charge on any atom is 0.177 e. The van der Waals surface area contributed by atoms with Gasteiger partial charge in [-0.05, 0) is 13.8 Å². The van der Waals surface area contributed by atoms with Crippen LogP contribution in [0.5, 0.6) is 5.75 Å². The topological polar surface area (TPSA) is 67.6 Å². The molecule has 1 saturated heterocycles. The molecule has 2 heterocycles.